The van der Waals surface area contributed by atoms with Crippen molar-refractivity contribution in [2.24, 2.45) is 0 Å². The zero-order valence-corrected chi connectivity index (χ0v) is 12.9. The Kier molecular flexibility index (Phi) is 7.28. The molecule has 1 aromatic carbocycles. The van der Waals surface area contributed by atoms with Crippen molar-refractivity contribution in [3.8, 4) is 0 Å². The van der Waals surface area contributed by atoms with Crippen molar-refractivity contribution in [2.75, 3.05) is 19.4 Å². The highest BCUT2D eigenvalue weighted by Gasteiger charge is 2.11. The van der Waals surface area contributed by atoms with E-state index < -0.39 is 0 Å². The summed E-state index contributed by atoms with van der Waals surface area (Å²) in [6.45, 7) is 2.75. The van der Waals surface area contributed by atoms with Crippen molar-refractivity contribution in [2.45, 2.75) is 25.1 Å². The van der Waals surface area contributed by atoms with Crippen molar-refractivity contribution >= 4 is 29.3 Å². The maximum atomic E-state index is 12.0. The van der Waals surface area contributed by atoms with Gasteiger partial charge in [0, 0.05) is 30.5 Å². The van der Waals surface area contributed by atoms with E-state index in [-0.39, 0.29) is 12.5 Å². The molecule has 1 amide bonds. The van der Waals surface area contributed by atoms with Gasteiger partial charge in [0.1, 0.15) is 0 Å². The highest BCUT2D eigenvalue weighted by Crippen LogP contribution is 2.16. The Labute approximate surface area is 123 Å². The highest BCUT2D eigenvalue weighted by atomic mass is 35.5. The van der Waals surface area contributed by atoms with Crippen molar-refractivity contribution in [1.82, 2.24) is 4.90 Å². The molecule has 5 heteroatoms. The van der Waals surface area contributed by atoms with Crippen LogP contribution in [0.15, 0.2) is 24.3 Å². The van der Waals surface area contributed by atoms with Gasteiger partial charge in [0.15, 0.2) is 0 Å². The average Bonchev–Trinajstić information content (AvgIpc) is 2.36. The quantitative estimate of drug-likeness (QED) is 0.842. The van der Waals surface area contributed by atoms with Gasteiger partial charge in [-0.1, -0.05) is 30.7 Å². The van der Waals surface area contributed by atoms with Crippen molar-refractivity contribution in [1.29, 1.82) is 0 Å². The molecular weight excluding hydrogens is 282 g/mol. The summed E-state index contributed by atoms with van der Waals surface area (Å²) in [6.07, 6.45) is 0.718. The van der Waals surface area contributed by atoms with Gasteiger partial charge in [-0.25, -0.2) is 0 Å². The van der Waals surface area contributed by atoms with Crippen LogP contribution in [0.25, 0.3) is 0 Å². The minimum Gasteiger partial charge on any atom is -0.396 e. The van der Waals surface area contributed by atoms with Gasteiger partial charge in [0.2, 0.25) is 5.91 Å². The van der Waals surface area contributed by atoms with Crippen LogP contribution in [0.4, 0.5) is 0 Å². The summed E-state index contributed by atoms with van der Waals surface area (Å²) in [5.74, 6) is 0.535. The number of aliphatic hydroxyl groups excluding tert-OH is 1. The zero-order chi connectivity index (χ0) is 14.3. The van der Waals surface area contributed by atoms with Crippen LogP contribution in [-0.2, 0) is 11.3 Å². The summed E-state index contributed by atoms with van der Waals surface area (Å²) in [5.41, 5.74) is 1.02. The number of amides is 1. The summed E-state index contributed by atoms with van der Waals surface area (Å²) in [4.78, 5) is 13.6. The molecule has 0 bridgehead atoms. The molecule has 0 saturated heterocycles. The molecular formula is C14H20ClNO2S. The number of carbonyl (C=O) groups is 1. The van der Waals surface area contributed by atoms with E-state index in [1.165, 1.54) is 0 Å². The van der Waals surface area contributed by atoms with E-state index in [9.17, 15) is 4.79 Å². The lowest BCUT2D eigenvalue weighted by Gasteiger charge is -2.18. The molecule has 0 spiro atoms. The number of carbonyl (C=O) groups excluding carboxylic acids is 1. The Morgan fingerprint density at radius 1 is 1.53 bits per heavy atom. The third-order valence-electron chi connectivity index (χ3n) is 2.76. The van der Waals surface area contributed by atoms with Crippen molar-refractivity contribution < 1.29 is 9.90 Å². The number of aliphatic hydroxyl groups is 1. The summed E-state index contributed by atoms with van der Waals surface area (Å²) in [7, 11) is 1.79. The largest absolute Gasteiger partial charge is 0.396 e. The van der Waals surface area contributed by atoms with Gasteiger partial charge in [0.25, 0.3) is 0 Å². The first-order valence-corrected chi connectivity index (χ1v) is 7.66. The van der Waals surface area contributed by atoms with Crippen LogP contribution in [0.2, 0.25) is 5.02 Å². The Morgan fingerprint density at radius 2 is 2.26 bits per heavy atom. The van der Waals surface area contributed by atoms with Crippen LogP contribution >= 0.6 is 23.4 Å². The van der Waals surface area contributed by atoms with Crippen LogP contribution in [0.3, 0.4) is 0 Å². The SMILES string of the molecule is CC(CCO)SCC(=O)N(C)Cc1cccc(Cl)c1. The molecule has 1 rings (SSSR count). The number of thioether (sulfide) groups is 1. The lowest BCUT2D eigenvalue weighted by Crippen LogP contribution is -2.28. The van der Waals surface area contributed by atoms with Crippen LogP contribution < -0.4 is 0 Å². The van der Waals surface area contributed by atoms with Gasteiger partial charge >= 0.3 is 0 Å². The molecule has 3 nitrogen and oxygen atoms in total. The Morgan fingerprint density at radius 3 is 2.89 bits per heavy atom. The predicted octanol–water partition coefficient (Wildman–Crippen LogP) is 2.80. The van der Waals surface area contributed by atoms with E-state index in [2.05, 4.69) is 0 Å². The lowest BCUT2D eigenvalue weighted by molar-refractivity contribution is -0.127. The average molecular weight is 302 g/mol. The van der Waals surface area contributed by atoms with E-state index in [1.807, 2.05) is 31.2 Å². The van der Waals surface area contributed by atoms with Gasteiger partial charge in [-0.2, -0.15) is 0 Å². The second kappa shape index (κ2) is 8.46. The second-order valence-corrected chi connectivity index (χ2v) is 6.38. The maximum Gasteiger partial charge on any atom is 0.232 e. The smallest absolute Gasteiger partial charge is 0.232 e. The predicted molar refractivity (Wildman–Crippen MR) is 81.5 cm³/mol. The molecule has 0 fully saturated rings. The summed E-state index contributed by atoms with van der Waals surface area (Å²) in [5, 5.41) is 9.79. The second-order valence-electron chi connectivity index (χ2n) is 4.51. The molecule has 19 heavy (non-hydrogen) atoms. The summed E-state index contributed by atoms with van der Waals surface area (Å²) in [6, 6.07) is 7.53. The first-order chi connectivity index (χ1) is 9.02. The number of nitrogens with zero attached hydrogens (tertiary/aromatic N) is 1. The van der Waals surface area contributed by atoms with Gasteiger partial charge in [-0.05, 0) is 24.1 Å². The van der Waals surface area contributed by atoms with Crippen LogP contribution in [0.1, 0.15) is 18.9 Å². The van der Waals surface area contributed by atoms with Crippen molar-refractivity contribution in [3.63, 3.8) is 0 Å². The van der Waals surface area contributed by atoms with Gasteiger partial charge in [-0.3, -0.25) is 4.79 Å². The number of benzene rings is 1. The van der Waals surface area contributed by atoms with E-state index >= 15 is 0 Å². The number of hydrogen-bond donors (Lipinski definition) is 1. The van der Waals surface area contributed by atoms with Gasteiger partial charge in [-0.15, -0.1) is 11.8 Å². The van der Waals surface area contributed by atoms with E-state index in [1.54, 1.807) is 23.7 Å². The standard InChI is InChI=1S/C14H20ClNO2S/c1-11(6-7-17)19-10-14(18)16(2)9-12-4-3-5-13(15)8-12/h3-5,8,11,17H,6-7,9-10H2,1-2H3. The van der Waals surface area contributed by atoms with Crippen molar-refractivity contribution in [3.05, 3.63) is 34.9 Å². The first kappa shape index (κ1) is 16.3. The molecule has 0 aliphatic rings. The number of hydrogen-bond acceptors (Lipinski definition) is 3. The minimum absolute atomic E-state index is 0.0924. The van der Waals surface area contributed by atoms with E-state index in [4.69, 9.17) is 16.7 Å². The number of halogens is 1. The molecule has 1 aromatic rings. The fourth-order valence-electron chi connectivity index (χ4n) is 1.59. The van der Waals surface area contributed by atoms with Crippen LogP contribution in [-0.4, -0.2) is 40.6 Å². The van der Waals surface area contributed by atoms with E-state index in [0.29, 0.717) is 22.6 Å². The zero-order valence-electron chi connectivity index (χ0n) is 11.3. The molecule has 0 aliphatic carbocycles. The maximum absolute atomic E-state index is 12.0. The number of rotatable bonds is 7. The fourth-order valence-corrected chi connectivity index (χ4v) is 2.72. The molecule has 1 atom stereocenters. The topological polar surface area (TPSA) is 40.5 Å². The molecule has 0 radical (unpaired) electrons. The Hall–Kier alpha value is -0.710. The monoisotopic (exact) mass is 301 g/mol. The third-order valence-corrected chi connectivity index (χ3v) is 4.21. The molecule has 106 valence electrons. The molecule has 1 N–H and O–H groups in total. The fraction of sp³-hybridized carbons (Fsp3) is 0.500. The molecule has 1 unspecified atom stereocenters. The Balaban J connectivity index is 2.40. The van der Waals surface area contributed by atoms with Gasteiger partial charge in [0.05, 0.1) is 5.75 Å². The minimum atomic E-state index is 0.0924. The Bertz CT molecular complexity index is 414. The van der Waals surface area contributed by atoms with Crippen LogP contribution in [0.5, 0.6) is 0 Å². The molecule has 0 aromatic heterocycles. The highest BCUT2D eigenvalue weighted by molar-refractivity contribution is 8.00. The lowest BCUT2D eigenvalue weighted by atomic mass is 10.2. The molecule has 0 heterocycles. The first-order valence-electron chi connectivity index (χ1n) is 6.23. The third kappa shape index (κ3) is 6.32. The summed E-state index contributed by atoms with van der Waals surface area (Å²) >= 11 is 7.49. The van der Waals surface area contributed by atoms with Gasteiger partial charge < -0.3 is 10.0 Å². The van der Waals surface area contributed by atoms with E-state index in [0.717, 1.165) is 12.0 Å². The molecule has 0 aliphatic heterocycles. The summed E-state index contributed by atoms with van der Waals surface area (Å²) < 4.78 is 0. The molecule has 0 saturated carbocycles. The normalized spacial score (nSPS) is 12.2. The van der Waals surface area contributed by atoms with Crippen LogP contribution in [0, 0.1) is 0 Å².